The van der Waals surface area contributed by atoms with Gasteiger partial charge in [-0.15, -0.1) is 0 Å². The van der Waals surface area contributed by atoms with Crippen LogP contribution in [0.15, 0.2) is 49.2 Å². The zero-order chi connectivity index (χ0) is 17.5. The Bertz CT molecular complexity index is 556. The van der Waals surface area contributed by atoms with E-state index >= 15 is 0 Å². The molecule has 4 nitrogen and oxygen atoms in total. The lowest BCUT2D eigenvalue weighted by Gasteiger charge is -2.35. The predicted octanol–water partition coefficient (Wildman–Crippen LogP) is 5.35. The van der Waals surface area contributed by atoms with Gasteiger partial charge in [-0.3, -0.25) is 0 Å². The largest absolute Gasteiger partial charge is 0.546 e. The van der Waals surface area contributed by atoms with Gasteiger partial charge in [0.15, 0.2) is 5.76 Å². The molecule has 0 heterocycles. The molecule has 0 aromatic heterocycles. The highest BCUT2D eigenvalue weighted by Crippen LogP contribution is 2.37. The SMILES string of the molecule is C=CCOC(=O)O/C(=C/O[Si](C)(C)C(C)(C)C)c1ccccc1. The third kappa shape index (κ3) is 5.94. The highest BCUT2D eigenvalue weighted by molar-refractivity contribution is 6.74. The fourth-order valence-electron chi connectivity index (χ4n) is 1.38. The van der Waals surface area contributed by atoms with Crippen molar-refractivity contribution in [3.05, 3.63) is 54.8 Å². The molecule has 0 fully saturated rings. The third-order valence-corrected chi connectivity index (χ3v) is 8.16. The van der Waals surface area contributed by atoms with Crippen LogP contribution < -0.4 is 0 Å². The molecular formula is C18H26O4Si. The Kier molecular flexibility index (Phi) is 6.63. The van der Waals surface area contributed by atoms with E-state index in [1.807, 2.05) is 30.3 Å². The number of ether oxygens (including phenoxy) is 2. The highest BCUT2D eigenvalue weighted by Gasteiger charge is 2.38. The lowest BCUT2D eigenvalue weighted by atomic mass is 10.2. The van der Waals surface area contributed by atoms with Gasteiger partial charge < -0.3 is 13.9 Å². The Labute approximate surface area is 139 Å². The molecule has 1 aromatic rings. The Morgan fingerprint density at radius 2 is 1.83 bits per heavy atom. The van der Waals surface area contributed by atoms with Crippen molar-refractivity contribution in [1.82, 2.24) is 0 Å². The second kappa shape index (κ2) is 8.01. The molecule has 126 valence electrons. The molecule has 0 aliphatic carbocycles. The maximum absolute atomic E-state index is 11.7. The fraction of sp³-hybridized carbons (Fsp3) is 0.389. The minimum Gasteiger partial charge on any atom is -0.546 e. The summed E-state index contributed by atoms with van der Waals surface area (Å²) in [6.07, 6.45) is 2.24. The van der Waals surface area contributed by atoms with Crippen LogP contribution in [-0.2, 0) is 13.9 Å². The van der Waals surface area contributed by atoms with Crippen molar-refractivity contribution in [2.75, 3.05) is 6.61 Å². The molecular weight excluding hydrogens is 308 g/mol. The summed E-state index contributed by atoms with van der Waals surface area (Å²) in [5, 5.41) is 0.0502. The number of hydrogen-bond donors (Lipinski definition) is 0. The highest BCUT2D eigenvalue weighted by atomic mass is 28.4. The first-order chi connectivity index (χ1) is 10.7. The zero-order valence-corrected chi connectivity index (χ0v) is 15.6. The topological polar surface area (TPSA) is 44.8 Å². The molecule has 0 saturated carbocycles. The minimum atomic E-state index is -2.00. The molecule has 1 rings (SSSR count). The monoisotopic (exact) mass is 334 g/mol. The summed E-state index contributed by atoms with van der Waals surface area (Å²) in [4.78, 5) is 11.7. The summed E-state index contributed by atoms with van der Waals surface area (Å²) in [5.74, 6) is 0.337. The lowest BCUT2D eigenvalue weighted by Crippen LogP contribution is -2.39. The van der Waals surface area contributed by atoms with Crippen molar-refractivity contribution >= 4 is 20.2 Å². The van der Waals surface area contributed by atoms with Crippen molar-refractivity contribution in [3.63, 3.8) is 0 Å². The lowest BCUT2D eigenvalue weighted by molar-refractivity contribution is 0.0996. The van der Waals surface area contributed by atoms with Crippen LogP contribution in [0.2, 0.25) is 18.1 Å². The molecule has 0 N–H and O–H groups in total. The number of rotatable bonds is 6. The third-order valence-electron chi connectivity index (χ3n) is 3.84. The molecule has 0 bridgehead atoms. The van der Waals surface area contributed by atoms with Gasteiger partial charge in [0.25, 0.3) is 0 Å². The van der Waals surface area contributed by atoms with Crippen LogP contribution in [0.4, 0.5) is 4.79 Å². The van der Waals surface area contributed by atoms with Gasteiger partial charge in [0.1, 0.15) is 12.9 Å². The molecule has 0 saturated heterocycles. The van der Waals surface area contributed by atoms with Gasteiger partial charge in [0.2, 0.25) is 8.32 Å². The quantitative estimate of drug-likeness (QED) is 0.304. The second-order valence-corrected chi connectivity index (χ2v) is 11.4. The van der Waals surface area contributed by atoms with Crippen LogP contribution >= 0.6 is 0 Å². The summed E-state index contributed by atoms with van der Waals surface area (Å²) in [6, 6.07) is 9.33. The first-order valence-corrected chi connectivity index (χ1v) is 10.5. The van der Waals surface area contributed by atoms with E-state index in [0.29, 0.717) is 5.76 Å². The molecule has 0 aliphatic heterocycles. The van der Waals surface area contributed by atoms with Crippen molar-refractivity contribution in [2.24, 2.45) is 0 Å². The van der Waals surface area contributed by atoms with Gasteiger partial charge in [-0.2, -0.15) is 0 Å². The van der Waals surface area contributed by atoms with Crippen LogP contribution in [0.25, 0.3) is 5.76 Å². The number of hydrogen-bond acceptors (Lipinski definition) is 4. The zero-order valence-electron chi connectivity index (χ0n) is 14.6. The van der Waals surface area contributed by atoms with Crippen LogP contribution in [0.1, 0.15) is 26.3 Å². The average Bonchev–Trinajstić information content (AvgIpc) is 2.49. The molecule has 0 amide bonds. The summed E-state index contributed by atoms with van der Waals surface area (Å²) in [6.45, 7) is 14.3. The Balaban J connectivity index is 2.98. The molecule has 0 unspecified atom stereocenters. The van der Waals surface area contributed by atoms with E-state index in [0.717, 1.165) is 5.56 Å². The van der Waals surface area contributed by atoms with E-state index in [4.69, 9.17) is 13.9 Å². The van der Waals surface area contributed by atoms with Gasteiger partial charge in [-0.1, -0.05) is 63.8 Å². The van der Waals surface area contributed by atoms with E-state index < -0.39 is 14.5 Å². The van der Waals surface area contributed by atoms with Crippen molar-refractivity contribution in [1.29, 1.82) is 0 Å². The maximum Gasteiger partial charge on any atom is 0.514 e. The molecule has 0 atom stereocenters. The summed E-state index contributed by atoms with van der Waals surface area (Å²) in [5.41, 5.74) is 0.752. The van der Waals surface area contributed by atoms with Crippen LogP contribution in [-0.4, -0.2) is 21.1 Å². The first kappa shape index (κ1) is 19.0. The van der Waals surface area contributed by atoms with Gasteiger partial charge in [-0.05, 0) is 18.1 Å². The number of carbonyl (C=O) groups excluding carboxylic acids is 1. The molecule has 5 heteroatoms. The minimum absolute atomic E-state index is 0.0502. The smallest absolute Gasteiger partial charge is 0.514 e. The van der Waals surface area contributed by atoms with Crippen molar-refractivity contribution < 1.29 is 18.7 Å². The molecule has 0 spiro atoms. The summed E-state index contributed by atoms with van der Waals surface area (Å²) < 4.78 is 16.2. The van der Waals surface area contributed by atoms with E-state index in [1.165, 1.54) is 12.3 Å². The Morgan fingerprint density at radius 1 is 1.22 bits per heavy atom. The number of benzene rings is 1. The Morgan fingerprint density at radius 3 is 2.35 bits per heavy atom. The van der Waals surface area contributed by atoms with Gasteiger partial charge in [0, 0.05) is 5.56 Å². The fourth-order valence-corrected chi connectivity index (χ4v) is 2.13. The standard InChI is InChI=1S/C18H26O4Si/c1-7-13-20-17(19)22-16(15-11-9-8-10-12-15)14-21-23(5,6)18(2,3)4/h7-12,14H,1,13H2,2-6H3/b16-14+. The molecule has 23 heavy (non-hydrogen) atoms. The summed E-state index contributed by atoms with van der Waals surface area (Å²) >= 11 is 0. The van der Waals surface area contributed by atoms with Crippen LogP contribution in [0, 0.1) is 0 Å². The van der Waals surface area contributed by atoms with E-state index in [2.05, 4.69) is 40.4 Å². The van der Waals surface area contributed by atoms with E-state index in [-0.39, 0.29) is 11.6 Å². The Hall–Kier alpha value is -2.01. The van der Waals surface area contributed by atoms with Gasteiger partial charge in [0.05, 0.1) is 0 Å². The number of carbonyl (C=O) groups is 1. The van der Waals surface area contributed by atoms with Crippen molar-refractivity contribution in [2.45, 2.75) is 38.9 Å². The van der Waals surface area contributed by atoms with E-state index in [1.54, 1.807) is 0 Å². The molecule has 0 radical (unpaired) electrons. The summed E-state index contributed by atoms with van der Waals surface area (Å²) in [7, 11) is -2.00. The predicted molar refractivity (Wildman–Crippen MR) is 95.3 cm³/mol. The van der Waals surface area contributed by atoms with Gasteiger partial charge in [-0.25, -0.2) is 4.79 Å². The van der Waals surface area contributed by atoms with Crippen LogP contribution in [0.5, 0.6) is 0 Å². The second-order valence-electron chi connectivity index (χ2n) is 6.68. The van der Waals surface area contributed by atoms with Crippen molar-refractivity contribution in [3.8, 4) is 0 Å². The van der Waals surface area contributed by atoms with Crippen LogP contribution in [0.3, 0.4) is 0 Å². The maximum atomic E-state index is 11.7. The average molecular weight is 334 g/mol. The normalized spacial score (nSPS) is 12.5. The van der Waals surface area contributed by atoms with E-state index in [9.17, 15) is 4.79 Å². The first-order valence-electron chi connectivity index (χ1n) is 7.56. The molecule has 1 aromatic carbocycles. The van der Waals surface area contributed by atoms with Gasteiger partial charge >= 0.3 is 6.16 Å². The molecule has 0 aliphatic rings.